The first-order chi connectivity index (χ1) is 27.3. The van der Waals surface area contributed by atoms with Crippen molar-refractivity contribution in [2.45, 2.75) is 0 Å². The minimum absolute atomic E-state index is 0.901. The molecule has 0 N–H and O–H groups in total. The molecule has 0 aliphatic carbocycles. The highest BCUT2D eigenvalue weighted by Gasteiger charge is 2.19. The molecule has 0 unspecified atom stereocenters. The van der Waals surface area contributed by atoms with Crippen LogP contribution in [0.4, 0.5) is 17.1 Å². The van der Waals surface area contributed by atoms with E-state index < -0.39 is 0 Å². The molecule has 0 saturated carbocycles. The molecule has 0 aliphatic heterocycles. The van der Waals surface area contributed by atoms with Gasteiger partial charge in [-0.1, -0.05) is 140 Å². The Balaban J connectivity index is 1.05. The van der Waals surface area contributed by atoms with E-state index in [1.165, 1.54) is 43.7 Å². The minimum Gasteiger partial charge on any atom is -0.456 e. The third-order valence-electron chi connectivity index (χ3n) is 11.0. The Hall–Kier alpha value is -7.36. The number of aromatic nitrogens is 1. The van der Waals surface area contributed by atoms with E-state index in [0.717, 1.165) is 55.8 Å². The highest BCUT2D eigenvalue weighted by Crippen LogP contribution is 2.42. The number of fused-ring (bicyclic) bond motifs is 7. The van der Waals surface area contributed by atoms with Crippen LogP contribution in [0.2, 0.25) is 0 Å². The number of anilines is 3. The summed E-state index contributed by atoms with van der Waals surface area (Å²) < 4.78 is 8.67. The topological polar surface area (TPSA) is 21.3 Å². The summed E-state index contributed by atoms with van der Waals surface area (Å²) in [7, 11) is 0. The van der Waals surface area contributed by atoms with Gasteiger partial charge in [-0.3, -0.25) is 0 Å². The maximum atomic E-state index is 6.28. The van der Waals surface area contributed by atoms with Crippen LogP contribution in [-0.2, 0) is 0 Å². The molecular weight excluding hydrogens is 669 g/mol. The van der Waals surface area contributed by atoms with Crippen molar-refractivity contribution in [3.8, 4) is 27.9 Å². The molecule has 0 bridgehead atoms. The number of hydrogen-bond donors (Lipinski definition) is 0. The largest absolute Gasteiger partial charge is 0.456 e. The fourth-order valence-corrected chi connectivity index (χ4v) is 8.47. The lowest BCUT2D eigenvalue weighted by Gasteiger charge is -2.28. The average molecular weight is 703 g/mol. The molecule has 11 aromatic rings. The van der Waals surface area contributed by atoms with Gasteiger partial charge in [0, 0.05) is 44.0 Å². The first kappa shape index (κ1) is 31.2. The van der Waals surface area contributed by atoms with Crippen LogP contribution in [0.3, 0.4) is 0 Å². The van der Waals surface area contributed by atoms with Crippen LogP contribution in [0.15, 0.2) is 211 Å². The molecule has 11 rings (SSSR count). The van der Waals surface area contributed by atoms with E-state index >= 15 is 0 Å². The molecule has 0 saturated heterocycles. The van der Waals surface area contributed by atoms with Gasteiger partial charge in [-0.25, -0.2) is 0 Å². The van der Waals surface area contributed by atoms with Crippen molar-refractivity contribution in [2.24, 2.45) is 0 Å². The van der Waals surface area contributed by atoms with Crippen LogP contribution in [-0.4, -0.2) is 4.57 Å². The Morgan fingerprint density at radius 1 is 0.364 bits per heavy atom. The molecule has 55 heavy (non-hydrogen) atoms. The summed E-state index contributed by atoms with van der Waals surface area (Å²) in [6, 6.07) is 74.0. The van der Waals surface area contributed by atoms with Crippen molar-refractivity contribution >= 4 is 71.6 Å². The smallest absolute Gasteiger partial charge is 0.136 e. The standard InChI is InChI=1S/C52H34N2O/c1-2-19-43-35(13-1)14-11-25-48(43)53(39-15-12-16-40(34-39)54-49-23-8-5-20-44(49)45-21-6-9-24-50(45)54)38-30-27-36(28-31-38)41-17-3-4-18-42(41)37-29-32-47-46-22-7-10-26-51(46)55-52(47)33-37/h1-34H. The highest BCUT2D eigenvalue weighted by atomic mass is 16.3. The number of para-hydroxylation sites is 3. The van der Waals surface area contributed by atoms with Crippen LogP contribution in [0.1, 0.15) is 0 Å². The summed E-state index contributed by atoms with van der Waals surface area (Å²) in [6.07, 6.45) is 0. The van der Waals surface area contributed by atoms with Gasteiger partial charge in [0.25, 0.3) is 0 Å². The zero-order valence-corrected chi connectivity index (χ0v) is 29.9. The van der Waals surface area contributed by atoms with Crippen molar-refractivity contribution in [1.29, 1.82) is 0 Å². The lowest BCUT2D eigenvalue weighted by atomic mass is 9.94. The molecule has 3 heteroatoms. The summed E-state index contributed by atoms with van der Waals surface area (Å²) in [6.45, 7) is 0. The summed E-state index contributed by atoms with van der Waals surface area (Å²) in [4.78, 5) is 2.39. The number of rotatable bonds is 6. The fourth-order valence-electron chi connectivity index (χ4n) is 8.47. The predicted molar refractivity (Wildman–Crippen MR) is 231 cm³/mol. The summed E-state index contributed by atoms with van der Waals surface area (Å²) in [5.74, 6) is 0. The molecule has 0 aliphatic rings. The maximum absolute atomic E-state index is 6.28. The van der Waals surface area contributed by atoms with E-state index in [2.05, 4.69) is 204 Å². The normalized spacial score (nSPS) is 11.6. The zero-order chi connectivity index (χ0) is 36.3. The molecule has 0 amide bonds. The first-order valence-electron chi connectivity index (χ1n) is 18.8. The molecule has 2 aromatic heterocycles. The van der Waals surface area contributed by atoms with Crippen molar-refractivity contribution in [2.75, 3.05) is 4.90 Å². The Labute approximate surface area is 318 Å². The molecular formula is C52H34N2O. The van der Waals surface area contributed by atoms with Gasteiger partial charge in [0.2, 0.25) is 0 Å². The Morgan fingerprint density at radius 3 is 1.73 bits per heavy atom. The van der Waals surface area contributed by atoms with Crippen molar-refractivity contribution in [1.82, 2.24) is 4.57 Å². The van der Waals surface area contributed by atoms with Gasteiger partial charge >= 0.3 is 0 Å². The number of hydrogen-bond acceptors (Lipinski definition) is 2. The molecule has 0 fully saturated rings. The van der Waals surface area contributed by atoms with E-state index in [1.807, 2.05) is 12.1 Å². The molecule has 0 atom stereocenters. The second kappa shape index (κ2) is 12.6. The molecule has 258 valence electrons. The van der Waals surface area contributed by atoms with E-state index in [9.17, 15) is 0 Å². The Bertz CT molecular complexity index is 3160. The lowest BCUT2D eigenvalue weighted by molar-refractivity contribution is 0.669. The summed E-state index contributed by atoms with van der Waals surface area (Å²) >= 11 is 0. The third-order valence-corrected chi connectivity index (χ3v) is 11.0. The van der Waals surface area contributed by atoms with Gasteiger partial charge in [-0.15, -0.1) is 0 Å². The average Bonchev–Trinajstić information content (AvgIpc) is 3.80. The Morgan fingerprint density at radius 2 is 0.945 bits per heavy atom. The van der Waals surface area contributed by atoms with Crippen LogP contribution < -0.4 is 4.90 Å². The molecule has 3 nitrogen and oxygen atoms in total. The monoisotopic (exact) mass is 702 g/mol. The van der Waals surface area contributed by atoms with Crippen LogP contribution in [0.5, 0.6) is 0 Å². The van der Waals surface area contributed by atoms with Crippen LogP contribution in [0.25, 0.3) is 82.5 Å². The second-order valence-corrected chi connectivity index (χ2v) is 14.1. The van der Waals surface area contributed by atoms with E-state index in [0.29, 0.717) is 0 Å². The van der Waals surface area contributed by atoms with E-state index in [4.69, 9.17) is 4.42 Å². The van der Waals surface area contributed by atoms with Gasteiger partial charge < -0.3 is 13.9 Å². The van der Waals surface area contributed by atoms with Crippen molar-refractivity contribution in [3.05, 3.63) is 206 Å². The predicted octanol–water partition coefficient (Wildman–Crippen LogP) is 14.6. The van der Waals surface area contributed by atoms with E-state index in [1.54, 1.807) is 0 Å². The van der Waals surface area contributed by atoms with Gasteiger partial charge in [0.15, 0.2) is 0 Å². The SMILES string of the molecule is c1cc(N(c2ccc(-c3ccccc3-c3ccc4c(c3)oc3ccccc34)cc2)c2cccc3ccccc23)cc(-n2c3ccccc3c3ccccc32)c1. The van der Waals surface area contributed by atoms with E-state index in [-0.39, 0.29) is 0 Å². The van der Waals surface area contributed by atoms with Gasteiger partial charge in [-0.05, 0) is 94.4 Å². The fraction of sp³-hybridized carbons (Fsp3) is 0. The van der Waals surface area contributed by atoms with Crippen molar-refractivity contribution in [3.63, 3.8) is 0 Å². The van der Waals surface area contributed by atoms with Gasteiger partial charge in [0.05, 0.1) is 16.7 Å². The summed E-state index contributed by atoms with van der Waals surface area (Å²) in [5, 5.41) is 7.19. The highest BCUT2D eigenvalue weighted by molar-refractivity contribution is 6.09. The summed E-state index contributed by atoms with van der Waals surface area (Å²) in [5.41, 5.74) is 13.2. The number of benzene rings is 9. The maximum Gasteiger partial charge on any atom is 0.136 e. The quantitative estimate of drug-likeness (QED) is 0.172. The second-order valence-electron chi connectivity index (χ2n) is 14.1. The third kappa shape index (κ3) is 5.13. The molecule has 2 heterocycles. The number of nitrogens with zero attached hydrogens (tertiary/aromatic N) is 2. The minimum atomic E-state index is 0.901. The van der Waals surface area contributed by atoms with Gasteiger partial charge in [0.1, 0.15) is 11.2 Å². The Kier molecular flexibility index (Phi) is 7.17. The number of furan rings is 1. The molecule has 9 aromatic carbocycles. The van der Waals surface area contributed by atoms with Crippen LogP contribution >= 0.6 is 0 Å². The lowest BCUT2D eigenvalue weighted by Crippen LogP contribution is -2.11. The zero-order valence-electron chi connectivity index (χ0n) is 29.9. The molecule has 0 radical (unpaired) electrons. The molecule has 0 spiro atoms. The van der Waals surface area contributed by atoms with Crippen LogP contribution in [0, 0.1) is 0 Å². The first-order valence-corrected chi connectivity index (χ1v) is 18.8. The van der Waals surface area contributed by atoms with Crippen molar-refractivity contribution < 1.29 is 4.42 Å². The van der Waals surface area contributed by atoms with Gasteiger partial charge in [-0.2, -0.15) is 0 Å².